The fourth-order valence-electron chi connectivity index (χ4n) is 2.97. The molecule has 166 valence electrons. The van der Waals surface area contributed by atoms with Crippen LogP contribution >= 0.6 is 0 Å². The lowest BCUT2D eigenvalue weighted by Crippen LogP contribution is -2.57. The van der Waals surface area contributed by atoms with Gasteiger partial charge in [-0.2, -0.15) is 0 Å². The number of rotatable bonds is 11. The van der Waals surface area contributed by atoms with E-state index in [1.54, 1.807) is 0 Å². The molecule has 0 aliphatic carbocycles. The second-order valence-electron chi connectivity index (χ2n) is 7.74. The lowest BCUT2D eigenvalue weighted by molar-refractivity contribution is -0.142. The van der Waals surface area contributed by atoms with Crippen molar-refractivity contribution in [2.24, 2.45) is 11.8 Å². The highest BCUT2D eigenvalue weighted by atomic mass is 16.2. The predicted octanol–water partition coefficient (Wildman–Crippen LogP) is 1.52. The van der Waals surface area contributed by atoms with Gasteiger partial charge in [-0.05, 0) is 18.3 Å². The first-order valence-electron chi connectivity index (χ1n) is 10.2. The van der Waals surface area contributed by atoms with Crippen molar-refractivity contribution in [3.63, 3.8) is 0 Å². The van der Waals surface area contributed by atoms with Crippen LogP contribution in [-0.2, 0) is 19.2 Å². The largest absolute Gasteiger partial charge is 0.357 e. The molecule has 8 nitrogen and oxygen atoms in total. The zero-order chi connectivity index (χ0) is 22.9. The van der Waals surface area contributed by atoms with Gasteiger partial charge in [0.05, 0.1) is 0 Å². The lowest BCUT2D eigenvalue weighted by Gasteiger charge is -2.34. The molecule has 0 saturated heterocycles. The zero-order valence-electron chi connectivity index (χ0n) is 19.2. The fraction of sp³-hybridized carbons (Fsp3) is 0.714. The third-order valence-electron chi connectivity index (χ3n) is 5.17. The Morgan fingerprint density at radius 3 is 1.97 bits per heavy atom. The molecule has 29 heavy (non-hydrogen) atoms. The lowest BCUT2D eigenvalue weighted by atomic mass is 9.95. The number of hydrogen-bond donors (Lipinski definition) is 2. The molecule has 0 aromatic carbocycles. The zero-order valence-corrected chi connectivity index (χ0v) is 19.2. The number of nitrogens with one attached hydrogen (secondary N) is 2. The molecule has 0 aromatic heterocycles. The summed E-state index contributed by atoms with van der Waals surface area (Å²) < 4.78 is 0. The molecule has 3 atom stereocenters. The highest BCUT2D eigenvalue weighted by molar-refractivity contribution is 5.99. The van der Waals surface area contributed by atoms with E-state index in [2.05, 4.69) is 17.2 Å². The van der Waals surface area contributed by atoms with Crippen LogP contribution in [0.1, 0.15) is 53.9 Å². The Balaban J connectivity index is 5.62. The van der Waals surface area contributed by atoms with Crippen LogP contribution in [0.5, 0.6) is 0 Å². The average molecular weight is 411 g/mol. The third kappa shape index (κ3) is 7.18. The van der Waals surface area contributed by atoms with Crippen LogP contribution in [0.15, 0.2) is 12.3 Å². The van der Waals surface area contributed by atoms with Crippen molar-refractivity contribution < 1.29 is 19.2 Å². The van der Waals surface area contributed by atoms with E-state index >= 15 is 0 Å². The topological polar surface area (TPSA) is 98.8 Å². The molecule has 4 amide bonds. The van der Waals surface area contributed by atoms with Gasteiger partial charge >= 0.3 is 0 Å². The summed E-state index contributed by atoms with van der Waals surface area (Å²) in [7, 11) is 4.54. The minimum atomic E-state index is -0.801. The maximum absolute atomic E-state index is 13.1. The molecular weight excluding hydrogens is 372 g/mol. The maximum atomic E-state index is 13.1. The van der Waals surface area contributed by atoms with Gasteiger partial charge in [-0.15, -0.1) is 0 Å². The van der Waals surface area contributed by atoms with E-state index in [1.807, 2.05) is 34.6 Å². The molecule has 0 aliphatic rings. The summed E-state index contributed by atoms with van der Waals surface area (Å²) in [5, 5.41) is 5.33. The highest BCUT2D eigenvalue weighted by Gasteiger charge is 2.35. The Bertz CT molecular complexity index is 618. The van der Waals surface area contributed by atoms with E-state index in [-0.39, 0.29) is 29.3 Å². The van der Waals surface area contributed by atoms with Gasteiger partial charge in [0.15, 0.2) is 0 Å². The molecule has 0 heterocycles. The number of likely N-dealkylation sites (N-methyl/N-ethyl adjacent to an activating group) is 3. The smallest absolute Gasteiger partial charge is 0.270 e. The minimum Gasteiger partial charge on any atom is -0.357 e. The minimum absolute atomic E-state index is 0.0127. The Morgan fingerprint density at radius 1 is 1.00 bits per heavy atom. The summed E-state index contributed by atoms with van der Waals surface area (Å²) >= 11 is 0. The summed E-state index contributed by atoms with van der Waals surface area (Å²) in [5.41, 5.74) is 0.0127. The van der Waals surface area contributed by atoms with E-state index < -0.39 is 23.9 Å². The van der Waals surface area contributed by atoms with E-state index in [4.69, 9.17) is 0 Å². The molecular formula is C21H38N4O4. The maximum Gasteiger partial charge on any atom is 0.270 e. The van der Waals surface area contributed by atoms with Gasteiger partial charge in [0.2, 0.25) is 17.7 Å². The van der Waals surface area contributed by atoms with Crippen molar-refractivity contribution in [1.82, 2.24) is 20.4 Å². The number of hydrogen-bond acceptors (Lipinski definition) is 4. The fourth-order valence-corrected chi connectivity index (χ4v) is 2.97. The molecule has 0 spiro atoms. The molecule has 0 aliphatic heterocycles. The number of amides is 4. The first-order valence-corrected chi connectivity index (χ1v) is 10.2. The summed E-state index contributed by atoms with van der Waals surface area (Å²) in [4.78, 5) is 52.8. The number of carbonyl (C=O) groups excluding carboxylic acids is 4. The van der Waals surface area contributed by atoms with Gasteiger partial charge in [0, 0.05) is 27.6 Å². The van der Waals surface area contributed by atoms with E-state index in [1.165, 1.54) is 30.9 Å². The van der Waals surface area contributed by atoms with Crippen molar-refractivity contribution in [2.45, 2.75) is 66.0 Å². The standard InChI is InChI=1S/C21H38N4O4/c1-10-12-16(26)24(8)15(6)21(29)25(9)18(14(5)11-2)20(28)23-17(13(3)4)19(27)22-7/h13-14,17-18H,6,10-12H2,1-5,7-9H3,(H,22,27)(H,23,28)/t14?,17-,18-/m0/s1. The average Bonchev–Trinajstić information content (AvgIpc) is 2.69. The monoisotopic (exact) mass is 410 g/mol. The number of nitrogens with zero attached hydrogens (tertiary/aromatic N) is 2. The van der Waals surface area contributed by atoms with Crippen LogP contribution < -0.4 is 10.6 Å². The van der Waals surface area contributed by atoms with Crippen LogP contribution in [0.2, 0.25) is 0 Å². The van der Waals surface area contributed by atoms with Gasteiger partial charge in [-0.1, -0.05) is 47.6 Å². The molecule has 0 fully saturated rings. The summed E-state index contributed by atoms with van der Waals surface area (Å²) in [5.74, 6) is -1.69. The molecule has 8 heteroatoms. The molecule has 1 unspecified atom stereocenters. The molecule has 0 rings (SSSR count). The van der Waals surface area contributed by atoms with Crippen molar-refractivity contribution in [2.75, 3.05) is 21.1 Å². The van der Waals surface area contributed by atoms with E-state index in [0.717, 1.165) is 0 Å². The van der Waals surface area contributed by atoms with Gasteiger partial charge in [0.25, 0.3) is 5.91 Å². The van der Waals surface area contributed by atoms with Crippen molar-refractivity contribution in [3.8, 4) is 0 Å². The van der Waals surface area contributed by atoms with E-state index in [0.29, 0.717) is 19.3 Å². The highest BCUT2D eigenvalue weighted by Crippen LogP contribution is 2.18. The van der Waals surface area contributed by atoms with Crippen molar-refractivity contribution in [3.05, 3.63) is 12.3 Å². The molecule has 0 bridgehead atoms. The van der Waals surface area contributed by atoms with Gasteiger partial charge in [-0.3, -0.25) is 19.2 Å². The van der Waals surface area contributed by atoms with Crippen LogP contribution in [0.3, 0.4) is 0 Å². The van der Waals surface area contributed by atoms with Crippen LogP contribution in [0.25, 0.3) is 0 Å². The van der Waals surface area contributed by atoms with Crippen molar-refractivity contribution in [1.29, 1.82) is 0 Å². The Kier molecular flexibility index (Phi) is 11.2. The molecule has 0 aromatic rings. The Morgan fingerprint density at radius 2 is 1.55 bits per heavy atom. The van der Waals surface area contributed by atoms with Crippen LogP contribution in [-0.4, -0.2) is 66.7 Å². The van der Waals surface area contributed by atoms with Crippen LogP contribution in [0.4, 0.5) is 0 Å². The predicted molar refractivity (Wildman–Crippen MR) is 114 cm³/mol. The van der Waals surface area contributed by atoms with Crippen molar-refractivity contribution >= 4 is 23.6 Å². The normalized spacial score (nSPS) is 13.8. The summed E-state index contributed by atoms with van der Waals surface area (Å²) in [6, 6.07) is -1.51. The second-order valence-corrected chi connectivity index (χ2v) is 7.74. The number of carbonyl (C=O) groups is 4. The molecule has 0 radical (unpaired) electrons. The molecule has 2 N–H and O–H groups in total. The quantitative estimate of drug-likeness (QED) is 0.505. The SMILES string of the molecule is C=C(C(=O)N(C)[C@H](C(=O)N[C@H](C(=O)NC)C(C)C)C(C)CC)N(C)C(=O)CCC. The van der Waals surface area contributed by atoms with Gasteiger partial charge < -0.3 is 20.4 Å². The second kappa shape index (κ2) is 12.2. The van der Waals surface area contributed by atoms with Gasteiger partial charge in [0.1, 0.15) is 17.8 Å². The summed E-state index contributed by atoms with van der Waals surface area (Å²) in [6.45, 7) is 13.1. The Hall–Kier alpha value is -2.38. The van der Waals surface area contributed by atoms with Crippen LogP contribution in [0, 0.1) is 11.8 Å². The third-order valence-corrected chi connectivity index (χ3v) is 5.17. The Labute approximate surface area is 175 Å². The van der Waals surface area contributed by atoms with E-state index in [9.17, 15) is 19.2 Å². The molecule has 0 saturated carbocycles. The first kappa shape index (κ1) is 26.6. The van der Waals surface area contributed by atoms with Gasteiger partial charge in [-0.25, -0.2) is 0 Å². The summed E-state index contributed by atoms with van der Waals surface area (Å²) in [6.07, 6.45) is 1.62. The first-order chi connectivity index (χ1) is 13.4.